The van der Waals surface area contributed by atoms with Crippen LogP contribution in [0, 0.1) is 11.6 Å². The van der Waals surface area contributed by atoms with Gasteiger partial charge in [0.2, 0.25) is 0 Å². The van der Waals surface area contributed by atoms with Crippen LogP contribution in [-0.2, 0) is 5.92 Å². The Bertz CT molecular complexity index is 1020. The molecule has 0 spiro atoms. The summed E-state index contributed by atoms with van der Waals surface area (Å²) in [4.78, 5) is 19.8. The van der Waals surface area contributed by atoms with Crippen molar-refractivity contribution in [3.05, 3.63) is 45.8 Å². The van der Waals surface area contributed by atoms with Crippen molar-refractivity contribution in [2.75, 3.05) is 0 Å². The van der Waals surface area contributed by atoms with E-state index < -0.39 is 63.5 Å². The van der Waals surface area contributed by atoms with E-state index >= 15 is 0 Å². The van der Waals surface area contributed by atoms with Crippen molar-refractivity contribution in [3.8, 4) is 11.3 Å². The minimum atomic E-state index is -3.69. The maximum Gasteiger partial charge on any atom is 0.417 e. The lowest BCUT2D eigenvalue weighted by Crippen LogP contribution is -2.15. The van der Waals surface area contributed by atoms with Crippen LogP contribution in [0.5, 0.6) is 0 Å². The molecule has 25 heavy (non-hydrogen) atoms. The van der Waals surface area contributed by atoms with Crippen LogP contribution >= 0.6 is 0 Å². The minimum absolute atomic E-state index is 0.365. The molecule has 0 aliphatic rings. The van der Waals surface area contributed by atoms with Crippen molar-refractivity contribution in [2.45, 2.75) is 19.3 Å². The van der Waals surface area contributed by atoms with Gasteiger partial charge in [-0.1, -0.05) is 0 Å². The summed E-state index contributed by atoms with van der Waals surface area (Å²) < 4.78 is 84.9. The molecule has 132 valence electrons. The quantitative estimate of drug-likeness (QED) is 0.717. The van der Waals surface area contributed by atoms with Crippen molar-refractivity contribution < 1.29 is 30.8 Å². The topological polar surface area (TPSA) is 71.8 Å². The van der Waals surface area contributed by atoms with E-state index in [0.29, 0.717) is 19.2 Å². The minimum Gasteiger partial charge on any atom is -0.407 e. The highest BCUT2D eigenvalue weighted by molar-refractivity contribution is 5.89. The monoisotopic (exact) mass is 363 g/mol. The van der Waals surface area contributed by atoms with Crippen LogP contribution in [0.15, 0.2) is 21.5 Å². The van der Waals surface area contributed by atoms with Crippen LogP contribution in [0.1, 0.15) is 24.7 Å². The lowest BCUT2D eigenvalue weighted by molar-refractivity contribution is 0.00648. The van der Waals surface area contributed by atoms with E-state index in [4.69, 9.17) is 0 Å². The number of nitrogens with one attached hydrogen (secondary N) is 1. The Morgan fingerprint density at radius 3 is 2.56 bits per heavy atom. The average Bonchev–Trinajstić information content (AvgIpc) is 2.91. The van der Waals surface area contributed by atoms with Crippen molar-refractivity contribution in [1.82, 2.24) is 15.0 Å². The Balaban J connectivity index is 2.31. The van der Waals surface area contributed by atoms with Gasteiger partial charge in [-0.15, -0.1) is 0 Å². The van der Waals surface area contributed by atoms with Gasteiger partial charge in [-0.3, -0.25) is 9.97 Å². The molecule has 11 heteroatoms. The van der Waals surface area contributed by atoms with Crippen molar-refractivity contribution in [1.29, 1.82) is 0 Å². The normalized spacial score (nSPS) is 12.3. The Labute approximate surface area is 134 Å². The van der Waals surface area contributed by atoms with Gasteiger partial charge in [0.15, 0.2) is 17.2 Å². The molecule has 0 aliphatic carbocycles. The first-order valence-electron chi connectivity index (χ1n) is 6.64. The van der Waals surface area contributed by atoms with E-state index in [1.165, 1.54) is 0 Å². The number of rotatable bonds is 3. The Morgan fingerprint density at radius 2 is 1.96 bits per heavy atom. The number of hydrogen-bond donors (Lipinski definition) is 1. The summed E-state index contributed by atoms with van der Waals surface area (Å²) in [7, 11) is 0. The molecule has 0 saturated heterocycles. The summed E-state index contributed by atoms with van der Waals surface area (Å²) in [6.45, 7) is 0.365. The second-order valence-corrected chi connectivity index (χ2v) is 5.12. The van der Waals surface area contributed by atoms with Gasteiger partial charge in [-0.25, -0.2) is 27.3 Å². The third kappa shape index (κ3) is 2.85. The molecule has 1 aromatic carbocycles. The van der Waals surface area contributed by atoms with Gasteiger partial charge in [0.1, 0.15) is 16.9 Å². The number of nitrogens with zero attached hydrogens (tertiary/aromatic N) is 2. The Morgan fingerprint density at radius 1 is 1.28 bits per heavy atom. The largest absolute Gasteiger partial charge is 0.417 e. The van der Waals surface area contributed by atoms with Gasteiger partial charge >= 0.3 is 5.76 Å². The average molecular weight is 363 g/mol. The number of aromatic amines is 1. The van der Waals surface area contributed by atoms with E-state index in [2.05, 4.69) is 14.4 Å². The van der Waals surface area contributed by atoms with Crippen LogP contribution < -0.4 is 5.76 Å². The highest BCUT2D eigenvalue weighted by Gasteiger charge is 2.34. The Hall–Kier alpha value is -2.85. The molecule has 0 bridgehead atoms. The van der Waals surface area contributed by atoms with E-state index in [1.807, 2.05) is 4.98 Å². The third-order valence-corrected chi connectivity index (χ3v) is 3.29. The fraction of sp³-hybridized carbons (Fsp3) is 0.214. The number of alkyl halides is 4. The second kappa shape index (κ2) is 5.60. The number of H-pyrrole nitrogens is 1. The molecule has 0 radical (unpaired) electrons. The molecule has 3 rings (SSSR count). The summed E-state index contributed by atoms with van der Waals surface area (Å²) in [5, 5.41) is 0. The van der Waals surface area contributed by atoms with Crippen LogP contribution in [0.3, 0.4) is 0 Å². The number of fused-ring (bicyclic) bond motifs is 1. The van der Waals surface area contributed by atoms with Crippen LogP contribution in [-0.4, -0.2) is 15.0 Å². The fourth-order valence-corrected chi connectivity index (χ4v) is 2.26. The zero-order valence-electron chi connectivity index (χ0n) is 12.2. The number of benzene rings is 1. The number of halogens is 6. The van der Waals surface area contributed by atoms with E-state index in [0.717, 1.165) is 0 Å². The summed E-state index contributed by atoms with van der Waals surface area (Å²) in [5.74, 6) is -7.67. The molecule has 3 aromatic rings. The molecule has 2 aromatic heterocycles. The predicted molar refractivity (Wildman–Crippen MR) is 72.3 cm³/mol. The molecule has 0 saturated carbocycles. The summed E-state index contributed by atoms with van der Waals surface area (Å²) in [6, 6.07) is 0.539. The van der Waals surface area contributed by atoms with Crippen molar-refractivity contribution >= 4 is 11.1 Å². The molecular formula is C14H7F6N3O2. The molecule has 0 amide bonds. The smallest absolute Gasteiger partial charge is 0.407 e. The summed E-state index contributed by atoms with van der Waals surface area (Å²) in [6.07, 6.45) is -2.72. The van der Waals surface area contributed by atoms with E-state index in [1.54, 1.807) is 0 Å². The first kappa shape index (κ1) is 17.0. The Kier molecular flexibility index (Phi) is 3.81. The van der Waals surface area contributed by atoms with E-state index in [9.17, 15) is 31.1 Å². The highest BCUT2D eigenvalue weighted by atomic mass is 19.3. The lowest BCUT2D eigenvalue weighted by atomic mass is 10.1. The van der Waals surface area contributed by atoms with Crippen molar-refractivity contribution in [3.63, 3.8) is 0 Å². The molecule has 5 nitrogen and oxygen atoms in total. The first-order chi connectivity index (χ1) is 11.6. The molecule has 0 aliphatic heterocycles. The standard InChI is InChI=1S/C14H7F6N3O2/c1-14(19,20)11-9(12(17)18)22-6(3-21-11)4-2-5(15)7(16)8-10(4)25-13(24)23-8/h2-3,12H,1H3,(H,23,24). The molecule has 2 heterocycles. The van der Waals surface area contributed by atoms with Crippen molar-refractivity contribution in [2.24, 2.45) is 0 Å². The van der Waals surface area contributed by atoms with E-state index in [-0.39, 0.29) is 0 Å². The lowest BCUT2D eigenvalue weighted by Gasteiger charge is -2.14. The number of aromatic nitrogens is 3. The number of hydrogen-bond acceptors (Lipinski definition) is 4. The molecule has 1 N–H and O–H groups in total. The first-order valence-corrected chi connectivity index (χ1v) is 6.64. The van der Waals surface area contributed by atoms with Gasteiger partial charge in [-0.2, -0.15) is 8.78 Å². The predicted octanol–water partition coefficient (Wildman–Crippen LogP) is 3.91. The fourth-order valence-electron chi connectivity index (χ4n) is 2.26. The van der Waals surface area contributed by atoms with Crippen LogP contribution in [0.2, 0.25) is 0 Å². The highest BCUT2D eigenvalue weighted by Crippen LogP contribution is 2.35. The molecule has 0 fully saturated rings. The molecular weight excluding hydrogens is 356 g/mol. The summed E-state index contributed by atoms with van der Waals surface area (Å²) >= 11 is 0. The zero-order chi connectivity index (χ0) is 18.5. The van der Waals surface area contributed by atoms with Gasteiger partial charge in [-0.05, 0) is 6.07 Å². The van der Waals surface area contributed by atoms with Gasteiger partial charge in [0.05, 0.1) is 11.9 Å². The summed E-state index contributed by atoms with van der Waals surface area (Å²) in [5.41, 5.74) is -4.61. The van der Waals surface area contributed by atoms with Gasteiger partial charge in [0.25, 0.3) is 12.3 Å². The SMILES string of the molecule is CC(F)(F)c1ncc(-c2cc(F)c(F)c3[nH]c(=O)oc23)nc1C(F)F. The second-order valence-electron chi connectivity index (χ2n) is 5.12. The molecule has 0 unspecified atom stereocenters. The van der Waals surface area contributed by atoms with Crippen LogP contribution in [0.25, 0.3) is 22.4 Å². The zero-order valence-corrected chi connectivity index (χ0v) is 12.2. The molecule has 0 atom stereocenters. The van der Waals surface area contributed by atoms with Gasteiger partial charge in [0, 0.05) is 12.5 Å². The third-order valence-electron chi connectivity index (χ3n) is 3.29. The maximum absolute atomic E-state index is 13.7. The number of oxazole rings is 1. The van der Waals surface area contributed by atoms with Crippen LogP contribution in [0.4, 0.5) is 26.3 Å². The van der Waals surface area contributed by atoms with Gasteiger partial charge < -0.3 is 4.42 Å². The maximum atomic E-state index is 13.7.